The van der Waals surface area contributed by atoms with Gasteiger partial charge in [0.25, 0.3) is 0 Å². The first kappa shape index (κ1) is 14.3. The van der Waals surface area contributed by atoms with Crippen molar-refractivity contribution in [1.29, 1.82) is 0 Å². The molecular formula is C14H24N6O. The summed E-state index contributed by atoms with van der Waals surface area (Å²) < 4.78 is 5.51. The molecule has 2 aliphatic rings. The predicted molar refractivity (Wildman–Crippen MR) is 81.4 cm³/mol. The molecule has 116 valence electrons. The Balaban J connectivity index is 1.80. The second kappa shape index (κ2) is 6.01. The van der Waals surface area contributed by atoms with Crippen molar-refractivity contribution in [3.8, 4) is 6.01 Å². The maximum absolute atomic E-state index is 5.81. The van der Waals surface area contributed by atoms with Crippen LogP contribution in [-0.4, -0.2) is 58.2 Å². The molecule has 0 aromatic carbocycles. The van der Waals surface area contributed by atoms with E-state index in [2.05, 4.69) is 31.7 Å². The molecule has 0 amide bonds. The van der Waals surface area contributed by atoms with E-state index in [-0.39, 0.29) is 5.95 Å². The lowest BCUT2D eigenvalue weighted by Crippen LogP contribution is -2.55. The Bertz CT molecular complexity index is 496. The second-order valence-electron chi connectivity index (χ2n) is 5.92. The molecular weight excluding hydrogens is 268 g/mol. The molecule has 0 spiro atoms. The average molecular weight is 292 g/mol. The van der Waals surface area contributed by atoms with Gasteiger partial charge in [0.15, 0.2) is 0 Å². The number of hydrogen-bond acceptors (Lipinski definition) is 7. The highest BCUT2D eigenvalue weighted by Crippen LogP contribution is 2.27. The Morgan fingerprint density at radius 3 is 2.95 bits per heavy atom. The molecule has 0 saturated carbocycles. The molecule has 2 saturated heterocycles. The number of hydrogen-bond donors (Lipinski definition) is 1. The van der Waals surface area contributed by atoms with E-state index in [1.54, 1.807) is 0 Å². The molecule has 21 heavy (non-hydrogen) atoms. The summed E-state index contributed by atoms with van der Waals surface area (Å²) in [5.41, 5.74) is 5.81. The lowest BCUT2D eigenvalue weighted by molar-refractivity contribution is 0.201. The summed E-state index contributed by atoms with van der Waals surface area (Å²) in [6, 6.07) is 1.32. The summed E-state index contributed by atoms with van der Waals surface area (Å²) in [5.74, 6) is 0.875. The van der Waals surface area contributed by atoms with Crippen LogP contribution in [0.2, 0.25) is 0 Å². The van der Waals surface area contributed by atoms with Crippen molar-refractivity contribution in [2.45, 2.75) is 45.2 Å². The van der Waals surface area contributed by atoms with Gasteiger partial charge < -0.3 is 15.4 Å². The van der Waals surface area contributed by atoms with Crippen molar-refractivity contribution in [1.82, 2.24) is 19.9 Å². The van der Waals surface area contributed by atoms with E-state index in [1.165, 1.54) is 19.4 Å². The van der Waals surface area contributed by atoms with E-state index in [0.717, 1.165) is 19.5 Å². The number of fused-ring (bicyclic) bond motifs is 1. The van der Waals surface area contributed by atoms with Crippen molar-refractivity contribution in [2.75, 3.05) is 36.9 Å². The van der Waals surface area contributed by atoms with Gasteiger partial charge in [-0.25, -0.2) is 0 Å². The van der Waals surface area contributed by atoms with Crippen LogP contribution in [0.25, 0.3) is 0 Å². The van der Waals surface area contributed by atoms with E-state index in [1.807, 2.05) is 6.92 Å². The molecule has 2 atom stereocenters. The number of nitrogens with zero attached hydrogens (tertiary/aromatic N) is 5. The van der Waals surface area contributed by atoms with Gasteiger partial charge in [-0.1, -0.05) is 6.92 Å². The fourth-order valence-electron chi connectivity index (χ4n) is 3.21. The van der Waals surface area contributed by atoms with E-state index in [4.69, 9.17) is 10.5 Å². The SMILES string of the molecule is CCCOc1nc(N)nc(N2CC3CCCN3CC2C)n1. The third-order valence-electron chi connectivity index (χ3n) is 4.25. The molecule has 2 N–H and O–H groups in total. The van der Waals surface area contributed by atoms with Crippen LogP contribution in [-0.2, 0) is 0 Å². The molecule has 0 bridgehead atoms. The quantitative estimate of drug-likeness (QED) is 0.883. The Kier molecular flexibility index (Phi) is 4.10. The standard InChI is InChI=1S/C14H24N6O/c1-3-7-21-14-17-12(15)16-13(18-14)20-9-11-5-4-6-19(11)8-10(20)2/h10-11H,3-9H2,1-2H3,(H2,15,16,17,18). The van der Waals surface area contributed by atoms with Gasteiger partial charge >= 0.3 is 6.01 Å². The predicted octanol–water partition coefficient (Wildman–Crippen LogP) is 0.915. The molecule has 1 aromatic rings. The van der Waals surface area contributed by atoms with Crippen LogP contribution in [0, 0.1) is 0 Å². The summed E-state index contributed by atoms with van der Waals surface area (Å²) >= 11 is 0. The van der Waals surface area contributed by atoms with Gasteiger partial charge in [-0.15, -0.1) is 0 Å². The number of nitrogen functional groups attached to an aromatic ring is 1. The summed E-state index contributed by atoms with van der Waals surface area (Å²) in [7, 11) is 0. The molecule has 2 aliphatic heterocycles. The molecule has 7 heteroatoms. The highest BCUT2D eigenvalue weighted by molar-refractivity contribution is 5.38. The zero-order valence-electron chi connectivity index (χ0n) is 12.8. The largest absolute Gasteiger partial charge is 0.463 e. The lowest BCUT2D eigenvalue weighted by atomic mass is 10.1. The summed E-state index contributed by atoms with van der Waals surface area (Å²) in [6.45, 7) is 8.08. The van der Waals surface area contributed by atoms with Gasteiger partial charge in [0, 0.05) is 25.2 Å². The first-order valence-corrected chi connectivity index (χ1v) is 7.82. The van der Waals surface area contributed by atoms with Gasteiger partial charge in [0.05, 0.1) is 6.61 Å². The minimum Gasteiger partial charge on any atom is -0.463 e. The van der Waals surface area contributed by atoms with Crippen molar-refractivity contribution in [3.05, 3.63) is 0 Å². The number of ether oxygens (including phenoxy) is 1. The van der Waals surface area contributed by atoms with Crippen LogP contribution in [0.3, 0.4) is 0 Å². The Morgan fingerprint density at radius 1 is 1.29 bits per heavy atom. The smallest absolute Gasteiger partial charge is 0.323 e. The van der Waals surface area contributed by atoms with Gasteiger partial charge in [-0.3, -0.25) is 4.90 Å². The van der Waals surface area contributed by atoms with Crippen LogP contribution in [0.4, 0.5) is 11.9 Å². The van der Waals surface area contributed by atoms with E-state index in [9.17, 15) is 0 Å². The van der Waals surface area contributed by atoms with Crippen molar-refractivity contribution >= 4 is 11.9 Å². The van der Waals surface area contributed by atoms with Crippen molar-refractivity contribution in [2.24, 2.45) is 0 Å². The number of anilines is 2. The summed E-state index contributed by atoms with van der Waals surface area (Å²) in [6.07, 6.45) is 3.45. The molecule has 2 fully saturated rings. The second-order valence-corrected chi connectivity index (χ2v) is 5.92. The fraction of sp³-hybridized carbons (Fsp3) is 0.786. The van der Waals surface area contributed by atoms with Crippen LogP contribution >= 0.6 is 0 Å². The Labute approximate surface area is 125 Å². The van der Waals surface area contributed by atoms with E-state index in [0.29, 0.717) is 30.6 Å². The average Bonchev–Trinajstić information content (AvgIpc) is 2.90. The normalized spacial score (nSPS) is 25.9. The first-order chi connectivity index (χ1) is 10.2. The van der Waals surface area contributed by atoms with E-state index < -0.39 is 0 Å². The van der Waals surface area contributed by atoms with Gasteiger partial charge in [0.1, 0.15) is 0 Å². The molecule has 0 aliphatic carbocycles. The molecule has 3 heterocycles. The highest BCUT2D eigenvalue weighted by Gasteiger charge is 2.35. The number of aromatic nitrogens is 3. The monoisotopic (exact) mass is 292 g/mol. The van der Waals surface area contributed by atoms with Crippen LogP contribution < -0.4 is 15.4 Å². The molecule has 3 rings (SSSR count). The molecule has 7 nitrogen and oxygen atoms in total. The first-order valence-electron chi connectivity index (χ1n) is 7.82. The third-order valence-corrected chi connectivity index (χ3v) is 4.25. The maximum Gasteiger partial charge on any atom is 0.323 e. The third kappa shape index (κ3) is 3.02. The minimum absolute atomic E-state index is 0.229. The zero-order chi connectivity index (χ0) is 14.8. The van der Waals surface area contributed by atoms with Crippen LogP contribution in [0.15, 0.2) is 0 Å². The molecule has 0 radical (unpaired) electrons. The maximum atomic E-state index is 5.81. The Morgan fingerprint density at radius 2 is 2.14 bits per heavy atom. The highest BCUT2D eigenvalue weighted by atomic mass is 16.5. The van der Waals surface area contributed by atoms with Crippen molar-refractivity contribution in [3.63, 3.8) is 0 Å². The topological polar surface area (TPSA) is 80.4 Å². The fourth-order valence-corrected chi connectivity index (χ4v) is 3.21. The summed E-state index contributed by atoms with van der Waals surface area (Å²) in [5, 5.41) is 0. The van der Waals surface area contributed by atoms with Crippen molar-refractivity contribution < 1.29 is 4.74 Å². The van der Waals surface area contributed by atoms with Gasteiger partial charge in [-0.2, -0.15) is 15.0 Å². The van der Waals surface area contributed by atoms with E-state index >= 15 is 0 Å². The number of rotatable bonds is 4. The lowest BCUT2D eigenvalue weighted by Gasteiger charge is -2.42. The summed E-state index contributed by atoms with van der Waals surface area (Å²) in [4.78, 5) is 17.6. The zero-order valence-corrected chi connectivity index (χ0v) is 12.8. The van der Waals surface area contributed by atoms with Crippen LogP contribution in [0.5, 0.6) is 6.01 Å². The minimum atomic E-state index is 0.229. The van der Waals surface area contributed by atoms with Gasteiger partial charge in [0.2, 0.25) is 11.9 Å². The molecule has 1 aromatic heterocycles. The van der Waals surface area contributed by atoms with Crippen LogP contribution in [0.1, 0.15) is 33.1 Å². The van der Waals surface area contributed by atoms with Gasteiger partial charge in [-0.05, 0) is 32.7 Å². The Hall–Kier alpha value is -1.63. The number of nitrogens with two attached hydrogens (primary N) is 1. The number of piperazine rings is 1. The molecule has 2 unspecified atom stereocenters.